The Labute approximate surface area is 200 Å². The van der Waals surface area contributed by atoms with Crippen LogP contribution in [0.2, 0.25) is 5.02 Å². The fourth-order valence-electron chi connectivity index (χ4n) is 5.39. The van der Waals surface area contributed by atoms with Crippen LogP contribution >= 0.6 is 11.6 Å². The number of likely N-dealkylation sites (tertiary alicyclic amines) is 1. The molecule has 0 radical (unpaired) electrons. The van der Waals surface area contributed by atoms with Gasteiger partial charge in [0.05, 0.1) is 11.6 Å². The summed E-state index contributed by atoms with van der Waals surface area (Å²) in [5.74, 6) is 0.470. The van der Waals surface area contributed by atoms with Crippen molar-refractivity contribution < 1.29 is 9.53 Å². The van der Waals surface area contributed by atoms with Gasteiger partial charge in [-0.3, -0.25) is 9.89 Å². The molecule has 0 unspecified atom stereocenters. The zero-order valence-electron chi connectivity index (χ0n) is 19.0. The van der Waals surface area contributed by atoms with Crippen molar-refractivity contribution >= 4 is 17.5 Å². The molecule has 1 amide bonds. The largest absolute Gasteiger partial charge is 0.381 e. The Morgan fingerprint density at radius 1 is 1.12 bits per heavy atom. The van der Waals surface area contributed by atoms with Crippen molar-refractivity contribution in [3.8, 4) is 11.1 Å². The molecule has 2 fully saturated rings. The molecule has 0 aliphatic carbocycles. The number of amides is 1. The first-order valence-corrected chi connectivity index (χ1v) is 12.2. The van der Waals surface area contributed by atoms with Gasteiger partial charge in [0, 0.05) is 48.5 Å². The summed E-state index contributed by atoms with van der Waals surface area (Å²) in [5, 5.41) is 8.30. The maximum Gasteiger partial charge on any atom is 0.233 e. The number of nitrogens with zero attached hydrogens (tertiary/aromatic N) is 2. The molecule has 3 aromatic rings. The van der Waals surface area contributed by atoms with E-state index in [1.165, 1.54) is 5.56 Å². The number of carbonyl (C=O) groups is 1. The van der Waals surface area contributed by atoms with Gasteiger partial charge in [0.2, 0.25) is 5.91 Å². The van der Waals surface area contributed by atoms with Crippen molar-refractivity contribution in [2.45, 2.75) is 43.9 Å². The van der Waals surface area contributed by atoms with Gasteiger partial charge in [0.25, 0.3) is 0 Å². The average molecular weight is 464 g/mol. The van der Waals surface area contributed by atoms with Crippen molar-refractivity contribution in [3.63, 3.8) is 0 Å². The van der Waals surface area contributed by atoms with Gasteiger partial charge in [-0.05, 0) is 55.9 Å². The van der Waals surface area contributed by atoms with Crippen molar-refractivity contribution in [1.82, 2.24) is 15.1 Å². The summed E-state index contributed by atoms with van der Waals surface area (Å²) in [6, 6.07) is 16.3. The molecule has 5 nitrogen and oxygen atoms in total. The molecule has 1 N–H and O–H groups in total. The molecule has 0 bridgehead atoms. The van der Waals surface area contributed by atoms with E-state index in [0.29, 0.717) is 19.8 Å². The van der Waals surface area contributed by atoms with Gasteiger partial charge >= 0.3 is 0 Å². The minimum atomic E-state index is -0.499. The molecule has 0 saturated carbocycles. The van der Waals surface area contributed by atoms with Crippen LogP contribution in [0.15, 0.2) is 54.7 Å². The number of aryl methyl sites for hydroxylation is 1. The van der Waals surface area contributed by atoms with E-state index in [4.69, 9.17) is 16.3 Å². The third-order valence-electron chi connectivity index (χ3n) is 7.30. The van der Waals surface area contributed by atoms with E-state index < -0.39 is 5.41 Å². The highest BCUT2D eigenvalue weighted by atomic mass is 35.5. The fraction of sp³-hybridized carbons (Fsp3) is 0.407. The molecule has 33 heavy (non-hydrogen) atoms. The minimum Gasteiger partial charge on any atom is -0.381 e. The number of halogens is 1. The lowest BCUT2D eigenvalue weighted by Gasteiger charge is -2.43. The monoisotopic (exact) mass is 463 g/mol. The number of nitrogens with one attached hydrogen (secondary N) is 1. The highest BCUT2D eigenvalue weighted by Gasteiger charge is 2.45. The van der Waals surface area contributed by atoms with Crippen molar-refractivity contribution in [3.05, 3.63) is 76.6 Å². The number of carbonyl (C=O) groups excluding carboxylic acids is 1. The molecule has 1 atom stereocenters. The lowest BCUT2D eigenvalue weighted by molar-refractivity contribution is -0.142. The Kier molecular flexibility index (Phi) is 6.26. The topological polar surface area (TPSA) is 58.2 Å². The highest BCUT2D eigenvalue weighted by Crippen LogP contribution is 2.40. The highest BCUT2D eigenvalue weighted by molar-refractivity contribution is 6.30. The van der Waals surface area contributed by atoms with E-state index >= 15 is 0 Å². The standard InChI is InChI=1S/C27H30ClN3O2/c1-19-4-8-22(9-5-19)27(12-15-33-16-13-27)26(32)31-14-2-3-21(18-31)25-24(17-29-30-25)20-6-10-23(28)11-7-20/h4-11,17,21H,2-3,12-16,18H2,1H3,(H,29,30)/t21-/m1/s1. The summed E-state index contributed by atoms with van der Waals surface area (Å²) >= 11 is 6.09. The van der Waals surface area contributed by atoms with E-state index in [1.807, 2.05) is 30.5 Å². The van der Waals surface area contributed by atoms with Crippen molar-refractivity contribution in [2.24, 2.45) is 0 Å². The zero-order chi connectivity index (χ0) is 22.8. The molecular weight excluding hydrogens is 434 g/mol. The van der Waals surface area contributed by atoms with Gasteiger partial charge in [0.15, 0.2) is 0 Å². The van der Waals surface area contributed by atoms with Crippen LogP contribution < -0.4 is 0 Å². The molecule has 2 aromatic carbocycles. The van der Waals surface area contributed by atoms with Crippen molar-refractivity contribution in [2.75, 3.05) is 26.3 Å². The predicted molar refractivity (Wildman–Crippen MR) is 130 cm³/mol. The number of H-pyrrole nitrogens is 1. The van der Waals surface area contributed by atoms with E-state index in [9.17, 15) is 4.79 Å². The Hall–Kier alpha value is -2.63. The quantitative estimate of drug-likeness (QED) is 0.556. The first kappa shape index (κ1) is 22.2. The summed E-state index contributed by atoms with van der Waals surface area (Å²) < 4.78 is 5.67. The van der Waals surface area contributed by atoms with Crippen LogP contribution in [-0.4, -0.2) is 47.3 Å². The zero-order valence-corrected chi connectivity index (χ0v) is 19.8. The number of aromatic nitrogens is 2. The smallest absolute Gasteiger partial charge is 0.233 e. The normalized spacial score (nSPS) is 20.5. The first-order valence-electron chi connectivity index (χ1n) is 11.8. The van der Waals surface area contributed by atoms with Gasteiger partial charge in [-0.1, -0.05) is 53.6 Å². The number of hydrogen-bond donors (Lipinski definition) is 1. The van der Waals surface area contributed by atoms with Crippen LogP contribution in [0.5, 0.6) is 0 Å². The summed E-state index contributed by atoms with van der Waals surface area (Å²) in [6.45, 7) is 4.83. The van der Waals surface area contributed by atoms with Crippen LogP contribution in [0.3, 0.4) is 0 Å². The number of ether oxygens (including phenoxy) is 1. The van der Waals surface area contributed by atoms with E-state index in [2.05, 4.69) is 46.3 Å². The van der Waals surface area contributed by atoms with Crippen LogP contribution in [-0.2, 0) is 14.9 Å². The Balaban J connectivity index is 1.41. The summed E-state index contributed by atoms with van der Waals surface area (Å²) in [5.41, 5.74) is 5.11. The van der Waals surface area contributed by atoms with Gasteiger partial charge in [-0.2, -0.15) is 5.10 Å². The predicted octanol–water partition coefficient (Wildman–Crippen LogP) is 5.49. The second-order valence-electron chi connectivity index (χ2n) is 9.36. The van der Waals surface area contributed by atoms with Crippen LogP contribution in [0.4, 0.5) is 0 Å². The molecule has 1 aromatic heterocycles. The van der Waals surface area contributed by atoms with Crippen LogP contribution in [0.25, 0.3) is 11.1 Å². The lowest BCUT2D eigenvalue weighted by Crippen LogP contribution is -2.52. The van der Waals surface area contributed by atoms with Crippen molar-refractivity contribution in [1.29, 1.82) is 0 Å². The Bertz CT molecular complexity index is 1100. The van der Waals surface area contributed by atoms with Gasteiger partial charge in [0.1, 0.15) is 0 Å². The molecular formula is C27H30ClN3O2. The average Bonchev–Trinajstić information content (AvgIpc) is 3.35. The molecule has 2 aliphatic rings. The van der Waals surface area contributed by atoms with Gasteiger partial charge in [-0.15, -0.1) is 0 Å². The number of hydrogen-bond acceptors (Lipinski definition) is 3. The first-order chi connectivity index (χ1) is 16.1. The van der Waals surface area contributed by atoms with E-state index in [-0.39, 0.29) is 11.8 Å². The number of aromatic amines is 1. The second-order valence-corrected chi connectivity index (χ2v) is 9.79. The van der Waals surface area contributed by atoms with Crippen LogP contribution in [0.1, 0.15) is 48.4 Å². The van der Waals surface area contributed by atoms with Gasteiger partial charge in [-0.25, -0.2) is 0 Å². The molecule has 2 aliphatic heterocycles. The maximum atomic E-state index is 14.1. The third kappa shape index (κ3) is 4.32. The van der Waals surface area contributed by atoms with Gasteiger partial charge < -0.3 is 9.64 Å². The Morgan fingerprint density at radius 3 is 2.58 bits per heavy atom. The molecule has 5 rings (SSSR count). The van der Waals surface area contributed by atoms with E-state index in [1.54, 1.807) is 0 Å². The third-order valence-corrected chi connectivity index (χ3v) is 7.55. The fourth-order valence-corrected chi connectivity index (χ4v) is 5.51. The molecule has 6 heteroatoms. The summed E-state index contributed by atoms with van der Waals surface area (Å²) in [4.78, 5) is 16.2. The minimum absolute atomic E-state index is 0.228. The number of rotatable bonds is 4. The lowest BCUT2D eigenvalue weighted by atomic mass is 9.72. The molecule has 172 valence electrons. The summed E-state index contributed by atoms with van der Waals surface area (Å²) in [7, 11) is 0. The molecule has 0 spiro atoms. The molecule has 2 saturated heterocycles. The van der Waals surface area contributed by atoms with Crippen LogP contribution in [0, 0.1) is 6.92 Å². The second kappa shape index (κ2) is 9.32. The maximum absolute atomic E-state index is 14.1. The number of benzene rings is 2. The Morgan fingerprint density at radius 2 is 1.85 bits per heavy atom. The SMILES string of the molecule is Cc1ccc(C2(C(=O)N3CCC[C@@H](c4[nH]ncc4-c4ccc(Cl)cc4)C3)CCOCC2)cc1. The number of piperidine rings is 1. The van der Waals surface area contributed by atoms with E-state index in [0.717, 1.165) is 59.6 Å². The summed E-state index contributed by atoms with van der Waals surface area (Å²) in [6.07, 6.45) is 5.36. The molecule has 3 heterocycles.